The molecular formula is C17H24BrClN2O2. The molecule has 1 aromatic rings. The van der Waals surface area contributed by atoms with Gasteiger partial charge < -0.3 is 15.4 Å². The number of carbonyl (C=O) groups is 1. The molecule has 1 aliphatic carbocycles. The lowest BCUT2D eigenvalue weighted by molar-refractivity contribution is 0.0382. The predicted molar refractivity (Wildman–Crippen MR) is 96.8 cm³/mol. The molecule has 128 valence electrons. The fraction of sp³-hybridized carbons (Fsp3) is 0.588. The van der Waals surface area contributed by atoms with Gasteiger partial charge in [0.1, 0.15) is 5.60 Å². The van der Waals surface area contributed by atoms with Crippen LogP contribution >= 0.6 is 27.5 Å². The standard InChI is InChI=1S/C17H24BrClN2O2/c1-16(2,3)23-15(22)21-17(7-4-8-17)11-20-10-12-9-13(19)5-6-14(12)18/h5-6,9,20H,4,7-8,10-11H2,1-3H3,(H,21,22). The number of ether oxygens (including phenoxy) is 1. The van der Waals surface area contributed by atoms with E-state index in [2.05, 4.69) is 26.6 Å². The van der Waals surface area contributed by atoms with Gasteiger partial charge in [0.25, 0.3) is 0 Å². The lowest BCUT2D eigenvalue weighted by atomic mass is 9.76. The van der Waals surface area contributed by atoms with Gasteiger partial charge in [-0.1, -0.05) is 27.5 Å². The number of halogens is 2. The zero-order chi connectivity index (χ0) is 17.1. The lowest BCUT2D eigenvalue weighted by Gasteiger charge is -2.43. The van der Waals surface area contributed by atoms with E-state index in [1.807, 2.05) is 39.0 Å². The van der Waals surface area contributed by atoms with Gasteiger partial charge in [-0.3, -0.25) is 0 Å². The summed E-state index contributed by atoms with van der Waals surface area (Å²) in [7, 11) is 0. The number of rotatable bonds is 5. The van der Waals surface area contributed by atoms with Gasteiger partial charge in [-0.25, -0.2) is 4.79 Å². The first-order valence-electron chi connectivity index (χ1n) is 7.85. The third-order valence-corrected chi connectivity index (χ3v) is 4.87. The summed E-state index contributed by atoms with van der Waals surface area (Å²) >= 11 is 9.56. The van der Waals surface area contributed by atoms with Crippen molar-refractivity contribution in [3.63, 3.8) is 0 Å². The van der Waals surface area contributed by atoms with Crippen LogP contribution in [0.3, 0.4) is 0 Å². The van der Waals surface area contributed by atoms with E-state index >= 15 is 0 Å². The Kier molecular flexibility index (Phi) is 5.98. The molecule has 0 aromatic heterocycles. The summed E-state index contributed by atoms with van der Waals surface area (Å²) in [6.07, 6.45) is 2.72. The molecule has 6 heteroatoms. The quantitative estimate of drug-likeness (QED) is 0.753. The monoisotopic (exact) mass is 402 g/mol. The van der Waals surface area contributed by atoms with Crippen molar-refractivity contribution in [2.24, 2.45) is 0 Å². The zero-order valence-corrected chi connectivity index (χ0v) is 16.2. The Hall–Kier alpha value is -0.780. The molecule has 1 aliphatic rings. The summed E-state index contributed by atoms with van der Waals surface area (Å²) in [6.45, 7) is 7.02. The van der Waals surface area contributed by atoms with Crippen molar-refractivity contribution in [1.29, 1.82) is 0 Å². The van der Waals surface area contributed by atoms with Crippen molar-refractivity contribution >= 4 is 33.6 Å². The van der Waals surface area contributed by atoms with Crippen molar-refractivity contribution < 1.29 is 9.53 Å². The molecule has 0 heterocycles. The summed E-state index contributed by atoms with van der Waals surface area (Å²) in [5, 5.41) is 7.18. The van der Waals surface area contributed by atoms with Gasteiger partial charge in [0.15, 0.2) is 0 Å². The van der Waals surface area contributed by atoms with Crippen LogP contribution in [0.2, 0.25) is 5.02 Å². The first-order valence-corrected chi connectivity index (χ1v) is 9.02. The Morgan fingerprint density at radius 3 is 2.65 bits per heavy atom. The highest BCUT2D eigenvalue weighted by Gasteiger charge is 2.39. The summed E-state index contributed by atoms with van der Waals surface area (Å²) in [4.78, 5) is 12.0. The maximum absolute atomic E-state index is 12.0. The molecule has 4 nitrogen and oxygen atoms in total. The minimum Gasteiger partial charge on any atom is -0.444 e. The number of amides is 1. The smallest absolute Gasteiger partial charge is 0.408 e. The number of hydrogen-bond donors (Lipinski definition) is 2. The molecule has 0 aliphatic heterocycles. The van der Waals surface area contributed by atoms with Crippen molar-refractivity contribution in [3.05, 3.63) is 33.3 Å². The van der Waals surface area contributed by atoms with Crippen LogP contribution in [0.4, 0.5) is 4.79 Å². The Balaban J connectivity index is 1.87. The third-order valence-electron chi connectivity index (χ3n) is 3.86. The second-order valence-corrected chi connectivity index (χ2v) is 8.39. The minimum absolute atomic E-state index is 0.201. The van der Waals surface area contributed by atoms with Gasteiger partial charge in [-0.2, -0.15) is 0 Å². The maximum atomic E-state index is 12.0. The highest BCUT2D eigenvalue weighted by molar-refractivity contribution is 9.10. The van der Waals surface area contributed by atoms with E-state index in [9.17, 15) is 4.79 Å². The topological polar surface area (TPSA) is 50.4 Å². The van der Waals surface area contributed by atoms with E-state index in [0.717, 1.165) is 34.3 Å². The summed E-state index contributed by atoms with van der Waals surface area (Å²) in [6, 6.07) is 5.73. The second-order valence-electron chi connectivity index (χ2n) is 7.10. The number of benzene rings is 1. The van der Waals surface area contributed by atoms with Gasteiger partial charge >= 0.3 is 6.09 Å². The average Bonchev–Trinajstić information content (AvgIpc) is 2.37. The molecule has 23 heavy (non-hydrogen) atoms. The number of hydrogen-bond acceptors (Lipinski definition) is 3. The Bertz CT molecular complexity index is 568. The molecule has 1 fully saturated rings. The van der Waals surface area contributed by atoms with Crippen LogP contribution in [0.5, 0.6) is 0 Å². The van der Waals surface area contributed by atoms with Crippen LogP contribution in [0.15, 0.2) is 22.7 Å². The first-order chi connectivity index (χ1) is 10.7. The molecule has 1 saturated carbocycles. The van der Waals surface area contributed by atoms with E-state index in [0.29, 0.717) is 13.1 Å². The summed E-state index contributed by atoms with van der Waals surface area (Å²) in [5.74, 6) is 0. The van der Waals surface area contributed by atoms with E-state index in [4.69, 9.17) is 16.3 Å². The molecule has 0 saturated heterocycles. The van der Waals surface area contributed by atoms with E-state index in [1.165, 1.54) is 0 Å². The van der Waals surface area contributed by atoms with Gasteiger partial charge in [-0.15, -0.1) is 0 Å². The van der Waals surface area contributed by atoms with Gasteiger partial charge in [0, 0.05) is 22.6 Å². The molecule has 0 atom stereocenters. The van der Waals surface area contributed by atoms with Gasteiger partial charge in [0.05, 0.1) is 5.54 Å². The molecular weight excluding hydrogens is 380 g/mol. The van der Waals surface area contributed by atoms with Crippen molar-refractivity contribution in [2.75, 3.05) is 6.54 Å². The van der Waals surface area contributed by atoms with E-state index < -0.39 is 5.60 Å². The molecule has 0 unspecified atom stereocenters. The molecule has 0 spiro atoms. The Labute approximate surface area is 151 Å². The molecule has 1 amide bonds. The van der Waals surface area contributed by atoms with E-state index in [-0.39, 0.29) is 11.6 Å². The minimum atomic E-state index is -0.478. The van der Waals surface area contributed by atoms with Crippen LogP contribution in [-0.4, -0.2) is 23.8 Å². The van der Waals surface area contributed by atoms with Crippen LogP contribution < -0.4 is 10.6 Å². The van der Waals surface area contributed by atoms with Crippen molar-refractivity contribution in [2.45, 2.75) is 57.7 Å². The largest absolute Gasteiger partial charge is 0.444 e. The fourth-order valence-corrected chi connectivity index (χ4v) is 3.17. The Morgan fingerprint density at radius 1 is 1.39 bits per heavy atom. The third kappa shape index (κ3) is 5.66. The van der Waals surface area contributed by atoms with Crippen LogP contribution in [-0.2, 0) is 11.3 Å². The van der Waals surface area contributed by atoms with Crippen LogP contribution in [0.25, 0.3) is 0 Å². The number of nitrogens with one attached hydrogen (secondary N) is 2. The predicted octanol–water partition coefficient (Wildman–Crippen LogP) is 4.64. The van der Waals surface area contributed by atoms with Crippen molar-refractivity contribution in [3.8, 4) is 0 Å². The second kappa shape index (κ2) is 7.41. The molecule has 2 rings (SSSR count). The molecule has 0 bridgehead atoms. The van der Waals surface area contributed by atoms with Gasteiger partial charge in [-0.05, 0) is 63.8 Å². The molecule has 1 aromatic carbocycles. The number of carbonyl (C=O) groups excluding carboxylic acids is 1. The highest BCUT2D eigenvalue weighted by atomic mass is 79.9. The molecule has 2 N–H and O–H groups in total. The number of alkyl carbamates (subject to hydrolysis) is 1. The lowest BCUT2D eigenvalue weighted by Crippen LogP contribution is -2.59. The Morgan fingerprint density at radius 2 is 2.09 bits per heavy atom. The summed E-state index contributed by atoms with van der Waals surface area (Å²) in [5.41, 5.74) is 0.422. The van der Waals surface area contributed by atoms with E-state index in [1.54, 1.807) is 0 Å². The average molecular weight is 404 g/mol. The molecule has 0 radical (unpaired) electrons. The normalized spacial score (nSPS) is 16.6. The maximum Gasteiger partial charge on any atom is 0.408 e. The first kappa shape index (κ1) is 18.6. The SMILES string of the molecule is CC(C)(C)OC(=O)NC1(CNCc2cc(Cl)ccc2Br)CCC1. The zero-order valence-electron chi connectivity index (χ0n) is 13.8. The van der Waals surface area contributed by atoms with Gasteiger partial charge in [0.2, 0.25) is 0 Å². The summed E-state index contributed by atoms with van der Waals surface area (Å²) < 4.78 is 6.39. The fourth-order valence-electron chi connectivity index (χ4n) is 2.58. The van der Waals surface area contributed by atoms with Crippen LogP contribution in [0, 0.1) is 0 Å². The van der Waals surface area contributed by atoms with Crippen molar-refractivity contribution in [1.82, 2.24) is 10.6 Å². The van der Waals surface area contributed by atoms with Crippen LogP contribution in [0.1, 0.15) is 45.6 Å². The highest BCUT2D eigenvalue weighted by Crippen LogP contribution is 2.32.